The van der Waals surface area contributed by atoms with Gasteiger partial charge in [-0.3, -0.25) is 9.78 Å². The van der Waals surface area contributed by atoms with Crippen molar-refractivity contribution in [1.29, 1.82) is 0 Å². The van der Waals surface area contributed by atoms with Gasteiger partial charge in [-0.05, 0) is 59.2 Å². The molecule has 2 heterocycles. The molecule has 1 amide bonds. The number of hydrogen-bond donors (Lipinski definition) is 5. The van der Waals surface area contributed by atoms with Crippen LogP contribution in [-0.2, 0) is 16.1 Å². The van der Waals surface area contributed by atoms with E-state index in [1.165, 1.54) is 12.3 Å². The van der Waals surface area contributed by atoms with E-state index in [1.54, 1.807) is 42.5 Å². The number of halogens is 1. The molecule has 1 aliphatic heterocycles. The van der Waals surface area contributed by atoms with Crippen molar-refractivity contribution in [2.45, 2.75) is 25.2 Å². The van der Waals surface area contributed by atoms with Crippen LogP contribution in [0.3, 0.4) is 0 Å². The number of aliphatic hydroxyl groups is 1. The summed E-state index contributed by atoms with van der Waals surface area (Å²) in [6.07, 6.45) is 2.05. The molecular weight excluding hydrogens is 513 g/mol. The third-order valence-corrected chi connectivity index (χ3v) is 6.59. The summed E-state index contributed by atoms with van der Waals surface area (Å²) in [6.45, 7) is 0.654. The SMILES string of the molecule is NCc1ccc(C(=O)Nc2ccncc2F)cc1-c1cccc(NC(O)c2ccc(NC3CCOC3=O)cc2)c1. The van der Waals surface area contributed by atoms with Crippen LogP contribution < -0.4 is 21.7 Å². The second-order valence-corrected chi connectivity index (χ2v) is 9.29. The molecule has 1 aromatic heterocycles. The van der Waals surface area contributed by atoms with Gasteiger partial charge in [0.25, 0.3) is 5.91 Å². The van der Waals surface area contributed by atoms with E-state index in [1.807, 2.05) is 24.3 Å². The van der Waals surface area contributed by atoms with Crippen LogP contribution >= 0.6 is 0 Å². The first-order chi connectivity index (χ1) is 19.4. The van der Waals surface area contributed by atoms with Crippen molar-refractivity contribution in [1.82, 2.24) is 4.98 Å². The monoisotopic (exact) mass is 541 g/mol. The highest BCUT2D eigenvalue weighted by Crippen LogP contribution is 2.29. The average molecular weight is 542 g/mol. The van der Waals surface area contributed by atoms with Crippen molar-refractivity contribution < 1.29 is 23.8 Å². The number of aliphatic hydroxyl groups excluding tert-OH is 1. The number of ether oxygens (including phenoxy) is 1. The fraction of sp³-hybridized carbons (Fsp3) is 0.167. The van der Waals surface area contributed by atoms with Crippen LogP contribution in [0, 0.1) is 5.82 Å². The summed E-state index contributed by atoms with van der Waals surface area (Å²) in [6, 6.07) is 20.6. The number of nitrogens with zero attached hydrogens (tertiary/aromatic N) is 1. The van der Waals surface area contributed by atoms with Gasteiger partial charge in [0.2, 0.25) is 0 Å². The number of cyclic esters (lactones) is 1. The Kier molecular flexibility index (Phi) is 7.99. The van der Waals surface area contributed by atoms with E-state index in [2.05, 4.69) is 20.9 Å². The smallest absolute Gasteiger partial charge is 0.328 e. The van der Waals surface area contributed by atoms with E-state index in [0.29, 0.717) is 29.8 Å². The molecule has 3 aromatic carbocycles. The molecule has 9 nitrogen and oxygen atoms in total. The summed E-state index contributed by atoms with van der Waals surface area (Å²) >= 11 is 0. The van der Waals surface area contributed by atoms with Crippen molar-refractivity contribution in [3.05, 3.63) is 108 Å². The molecule has 0 radical (unpaired) electrons. The Hall–Kier alpha value is -4.80. The molecule has 1 aliphatic rings. The molecule has 5 rings (SSSR count). The second-order valence-electron chi connectivity index (χ2n) is 9.29. The van der Waals surface area contributed by atoms with Gasteiger partial charge in [0.15, 0.2) is 12.0 Å². The maximum Gasteiger partial charge on any atom is 0.328 e. The lowest BCUT2D eigenvalue weighted by molar-refractivity contribution is -0.138. The molecule has 1 saturated heterocycles. The van der Waals surface area contributed by atoms with Gasteiger partial charge < -0.3 is 31.5 Å². The molecule has 0 spiro atoms. The highest BCUT2D eigenvalue weighted by molar-refractivity contribution is 6.05. The first kappa shape index (κ1) is 26.8. The predicted octanol–water partition coefficient (Wildman–Crippen LogP) is 4.43. The van der Waals surface area contributed by atoms with E-state index in [-0.39, 0.29) is 24.2 Å². The highest BCUT2D eigenvalue weighted by atomic mass is 19.1. The van der Waals surface area contributed by atoms with E-state index in [9.17, 15) is 19.1 Å². The minimum Gasteiger partial charge on any atom is -0.464 e. The molecule has 40 heavy (non-hydrogen) atoms. The molecule has 204 valence electrons. The van der Waals surface area contributed by atoms with Crippen molar-refractivity contribution >= 4 is 28.9 Å². The van der Waals surface area contributed by atoms with Gasteiger partial charge in [-0.15, -0.1) is 0 Å². The standard InChI is InChI=1S/C30H28FN5O4/c31-25-17-33-12-10-26(25)36-29(38)20-4-5-21(16-32)24(15-20)19-2-1-3-23(14-19)35-28(37)18-6-8-22(9-7-18)34-27-11-13-40-30(27)39/h1-10,12,14-15,17,27-28,34-35,37H,11,13,16,32H2,(H,33,36,38). The van der Waals surface area contributed by atoms with Crippen LogP contribution in [0.4, 0.5) is 21.5 Å². The maximum atomic E-state index is 14.0. The first-order valence-electron chi connectivity index (χ1n) is 12.7. The van der Waals surface area contributed by atoms with E-state index >= 15 is 0 Å². The molecule has 2 unspecified atom stereocenters. The van der Waals surface area contributed by atoms with Crippen LogP contribution in [-0.4, -0.2) is 34.6 Å². The summed E-state index contributed by atoms with van der Waals surface area (Å²) < 4.78 is 18.9. The van der Waals surface area contributed by atoms with Gasteiger partial charge in [-0.1, -0.05) is 30.3 Å². The minimum atomic E-state index is -0.998. The molecular formula is C30H28FN5O4. The number of esters is 1. The second kappa shape index (κ2) is 11.9. The third-order valence-electron chi connectivity index (χ3n) is 6.59. The molecule has 0 saturated carbocycles. The summed E-state index contributed by atoms with van der Waals surface area (Å²) in [7, 11) is 0. The summed E-state index contributed by atoms with van der Waals surface area (Å²) in [5.41, 5.74) is 10.7. The van der Waals surface area contributed by atoms with E-state index in [0.717, 1.165) is 28.6 Å². The van der Waals surface area contributed by atoms with Crippen LogP contribution in [0.25, 0.3) is 11.1 Å². The number of amides is 1. The Labute approximate surface area is 230 Å². The lowest BCUT2D eigenvalue weighted by Crippen LogP contribution is -2.24. The number of aromatic nitrogens is 1. The lowest BCUT2D eigenvalue weighted by atomic mass is 9.96. The maximum absolute atomic E-state index is 14.0. The summed E-state index contributed by atoms with van der Waals surface area (Å²) in [5, 5.41) is 19.6. The quantitative estimate of drug-likeness (QED) is 0.155. The van der Waals surface area contributed by atoms with Crippen molar-refractivity contribution in [2.75, 3.05) is 22.6 Å². The van der Waals surface area contributed by atoms with Crippen molar-refractivity contribution in [2.24, 2.45) is 5.73 Å². The molecule has 0 bridgehead atoms. The molecule has 4 aromatic rings. The van der Waals surface area contributed by atoms with Crippen molar-refractivity contribution in [3.8, 4) is 11.1 Å². The van der Waals surface area contributed by atoms with Gasteiger partial charge in [0.1, 0.15) is 6.04 Å². The Morgan fingerprint density at radius 1 is 1.10 bits per heavy atom. The van der Waals surface area contributed by atoms with Crippen LogP contribution in [0.2, 0.25) is 0 Å². The number of rotatable bonds is 9. The molecule has 1 fully saturated rings. The number of hydrogen-bond acceptors (Lipinski definition) is 8. The Morgan fingerprint density at radius 3 is 2.65 bits per heavy atom. The highest BCUT2D eigenvalue weighted by Gasteiger charge is 2.26. The van der Waals surface area contributed by atoms with Crippen molar-refractivity contribution in [3.63, 3.8) is 0 Å². The predicted molar refractivity (Wildman–Crippen MR) is 150 cm³/mol. The Bertz CT molecular complexity index is 1530. The number of carbonyl (C=O) groups is 2. The van der Waals surface area contributed by atoms with Crippen LogP contribution in [0.1, 0.15) is 34.1 Å². The number of pyridine rings is 1. The normalized spacial score (nSPS) is 15.3. The van der Waals surface area contributed by atoms with E-state index < -0.39 is 18.0 Å². The lowest BCUT2D eigenvalue weighted by Gasteiger charge is -2.17. The van der Waals surface area contributed by atoms with Gasteiger partial charge >= 0.3 is 5.97 Å². The van der Waals surface area contributed by atoms with Crippen LogP contribution in [0.5, 0.6) is 0 Å². The van der Waals surface area contributed by atoms with Crippen LogP contribution in [0.15, 0.2) is 85.2 Å². The van der Waals surface area contributed by atoms with Gasteiger partial charge in [0.05, 0.1) is 18.5 Å². The number of carbonyl (C=O) groups excluding carboxylic acids is 2. The Morgan fingerprint density at radius 2 is 1.93 bits per heavy atom. The third kappa shape index (κ3) is 6.09. The number of nitrogens with two attached hydrogens (primary N) is 1. The topological polar surface area (TPSA) is 139 Å². The largest absolute Gasteiger partial charge is 0.464 e. The molecule has 10 heteroatoms. The van der Waals surface area contributed by atoms with Gasteiger partial charge in [0, 0.05) is 41.7 Å². The zero-order chi connectivity index (χ0) is 28.1. The van der Waals surface area contributed by atoms with E-state index in [4.69, 9.17) is 10.5 Å². The summed E-state index contributed by atoms with van der Waals surface area (Å²) in [4.78, 5) is 28.2. The average Bonchev–Trinajstić information content (AvgIpc) is 3.38. The minimum absolute atomic E-state index is 0.0366. The zero-order valence-electron chi connectivity index (χ0n) is 21.4. The first-order valence-corrected chi connectivity index (χ1v) is 12.7. The molecule has 2 atom stereocenters. The Balaban J connectivity index is 1.31. The summed E-state index contributed by atoms with van der Waals surface area (Å²) in [5.74, 6) is -1.36. The van der Waals surface area contributed by atoms with Gasteiger partial charge in [-0.25, -0.2) is 9.18 Å². The number of anilines is 3. The molecule has 0 aliphatic carbocycles. The molecule has 6 N–H and O–H groups in total. The zero-order valence-corrected chi connectivity index (χ0v) is 21.4. The number of nitrogens with one attached hydrogen (secondary N) is 3. The van der Waals surface area contributed by atoms with Gasteiger partial charge in [-0.2, -0.15) is 0 Å². The fourth-order valence-corrected chi connectivity index (χ4v) is 4.44. The fourth-order valence-electron chi connectivity index (χ4n) is 4.44. The number of benzene rings is 3.